The highest BCUT2D eigenvalue weighted by atomic mass is 32.2. The van der Waals surface area contributed by atoms with E-state index in [0.29, 0.717) is 0 Å². The van der Waals surface area contributed by atoms with Gasteiger partial charge in [0.1, 0.15) is 0 Å². The van der Waals surface area contributed by atoms with Crippen molar-refractivity contribution in [2.24, 2.45) is 0 Å². The van der Waals surface area contributed by atoms with E-state index in [-0.39, 0.29) is 5.75 Å². The molecular formula is C7H14O3S. The van der Waals surface area contributed by atoms with Gasteiger partial charge in [0.25, 0.3) is 10.1 Å². The molecule has 0 spiro atoms. The second-order valence-electron chi connectivity index (χ2n) is 2.36. The summed E-state index contributed by atoms with van der Waals surface area (Å²) in [4.78, 5) is 0. The highest BCUT2D eigenvalue weighted by molar-refractivity contribution is 7.85. The molecule has 1 N–H and O–H groups in total. The van der Waals surface area contributed by atoms with Gasteiger partial charge in [-0.1, -0.05) is 31.9 Å². The zero-order valence-corrected chi connectivity index (χ0v) is 7.47. The first kappa shape index (κ1) is 10.7. The molecule has 0 bridgehead atoms. The Hall–Kier alpha value is -0.350. The molecule has 0 aromatic rings. The van der Waals surface area contributed by atoms with Crippen LogP contribution >= 0.6 is 0 Å². The van der Waals surface area contributed by atoms with E-state index in [4.69, 9.17) is 4.55 Å². The number of hydrogen-bond donors (Lipinski definition) is 1. The van der Waals surface area contributed by atoms with Gasteiger partial charge in [0.2, 0.25) is 0 Å². The Morgan fingerprint density at radius 1 is 1.36 bits per heavy atom. The first-order valence-corrected chi connectivity index (χ1v) is 5.27. The highest BCUT2D eigenvalue weighted by Gasteiger charge is 1.97. The molecule has 0 fully saturated rings. The molecule has 0 unspecified atom stereocenters. The van der Waals surface area contributed by atoms with Gasteiger partial charge in [-0.05, 0) is 6.42 Å². The van der Waals surface area contributed by atoms with Crippen LogP contribution < -0.4 is 0 Å². The summed E-state index contributed by atoms with van der Waals surface area (Å²) in [5.74, 6) is -0.267. The predicted molar refractivity (Wildman–Crippen MR) is 45.1 cm³/mol. The van der Waals surface area contributed by atoms with Gasteiger partial charge in [0.05, 0.1) is 5.75 Å². The van der Waals surface area contributed by atoms with Crippen molar-refractivity contribution in [1.29, 1.82) is 0 Å². The van der Waals surface area contributed by atoms with Crippen molar-refractivity contribution in [2.75, 3.05) is 5.75 Å². The zero-order valence-electron chi connectivity index (χ0n) is 6.66. The summed E-state index contributed by atoms with van der Waals surface area (Å²) in [7, 11) is -3.80. The molecule has 0 aromatic carbocycles. The monoisotopic (exact) mass is 178 g/mol. The molecule has 0 atom stereocenters. The fourth-order valence-corrected chi connectivity index (χ4v) is 1.01. The van der Waals surface area contributed by atoms with E-state index < -0.39 is 10.1 Å². The van der Waals surface area contributed by atoms with Crippen LogP contribution in [0.2, 0.25) is 0 Å². The van der Waals surface area contributed by atoms with Gasteiger partial charge in [-0.25, -0.2) is 0 Å². The van der Waals surface area contributed by atoms with Crippen LogP contribution in [0.15, 0.2) is 12.2 Å². The minimum Gasteiger partial charge on any atom is -0.285 e. The van der Waals surface area contributed by atoms with Crippen molar-refractivity contribution in [3.05, 3.63) is 12.2 Å². The molecule has 0 saturated carbocycles. The van der Waals surface area contributed by atoms with Crippen LogP contribution in [0.25, 0.3) is 0 Å². The average molecular weight is 178 g/mol. The van der Waals surface area contributed by atoms with Crippen LogP contribution in [-0.4, -0.2) is 18.7 Å². The maximum Gasteiger partial charge on any atom is 0.268 e. The molecule has 3 nitrogen and oxygen atoms in total. The average Bonchev–Trinajstić information content (AvgIpc) is 1.85. The third-order valence-electron chi connectivity index (χ3n) is 1.20. The fraction of sp³-hybridized carbons (Fsp3) is 0.714. The third kappa shape index (κ3) is 9.65. The van der Waals surface area contributed by atoms with E-state index in [2.05, 4.69) is 6.92 Å². The lowest BCUT2D eigenvalue weighted by Gasteiger charge is -1.89. The number of hydrogen-bond acceptors (Lipinski definition) is 2. The molecule has 0 rings (SSSR count). The molecule has 0 aliphatic rings. The molecule has 0 amide bonds. The van der Waals surface area contributed by atoms with Crippen molar-refractivity contribution in [1.82, 2.24) is 0 Å². The topological polar surface area (TPSA) is 54.4 Å². The van der Waals surface area contributed by atoms with Gasteiger partial charge >= 0.3 is 0 Å². The Balaban J connectivity index is 3.46. The zero-order chi connectivity index (χ0) is 8.74. The van der Waals surface area contributed by atoms with Crippen LogP contribution in [-0.2, 0) is 10.1 Å². The SMILES string of the molecule is CCCC/C=C/CS(=O)(=O)O. The highest BCUT2D eigenvalue weighted by Crippen LogP contribution is 1.95. The summed E-state index contributed by atoms with van der Waals surface area (Å²) in [5, 5.41) is 0. The van der Waals surface area contributed by atoms with Gasteiger partial charge in [-0.3, -0.25) is 4.55 Å². The first-order valence-electron chi connectivity index (χ1n) is 3.66. The molecule has 0 aliphatic heterocycles. The van der Waals surface area contributed by atoms with Gasteiger partial charge in [0.15, 0.2) is 0 Å². The summed E-state index contributed by atoms with van der Waals surface area (Å²) in [6, 6.07) is 0. The van der Waals surface area contributed by atoms with Crippen LogP contribution in [0.5, 0.6) is 0 Å². The maximum absolute atomic E-state index is 10.2. The third-order valence-corrected chi connectivity index (χ3v) is 1.81. The van der Waals surface area contributed by atoms with Gasteiger partial charge in [0, 0.05) is 0 Å². The first-order chi connectivity index (χ1) is 5.06. The van der Waals surface area contributed by atoms with Crippen molar-refractivity contribution < 1.29 is 13.0 Å². The largest absolute Gasteiger partial charge is 0.285 e. The summed E-state index contributed by atoms with van der Waals surface area (Å²) < 4.78 is 28.6. The van der Waals surface area contributed by atoms with E-state index in [1.165, 1.54) is 6.08 Å². The van der Waals surface area contributed by atoms with Crippen LogP contribution in [0, 0.1) is 0 Å². The summed E-state index contributed by atoms with van der Waals surface area (Å²) in [6.45, 7) is 2.07. The molecule has 0 heterocycles. The van der Waals surface area contributed by atoms with Crippen LogP contribution in [0.3, 0.4) is 0 Å². The molecule has 0 radical (unpaired) electrons. The quantitative estimate of drug-likeness (QED) is 0.395. The minimum atomic E-state index is -3.80. The second kappa shape index (κ2) is 5.32. The standard InChI is InChI=1S/C7H14O3S/c1-2-3-4-5-6-7-11(8,9)10/h5-6H,2-4,7H2,1H3,(H,8,9,10)/b6-5+. The summed E-state index contributed by atoms with van der Waals surface area (Å²) >= 11 is 0. The lowest BCUT2D eigenvalue weighted by atomic mass is 10.2. The molecule has 66 valence electrons. The van der Waals surface area contributed by atoms with Crippen molar-refractivity contribution in [3.63, 3.8) is 0 Å². The Kier molecular flexibility index (Phi) is 5.15. The van der Waals surface area contributed by atoms with Gasteiger partial charge in [-0.2, -0.15) is 8.42 Å². The summed E-state index contributed by atoms with van der Waals surface area (Å²) in [5.41, 5.74) is 0. The molecule has 11 heavy (non-hydrogen) atoms. The van der Waals surface area contributed by atoms with Crippen molar-refractivity contribution >= 4 is 10.1 Å². The number of rotatable bonds is 5. The molecule has 0 aliphatic carbocycles. The van der Waals surface area contributed by atoms with Gasteiger partial charge in [-0.15, -0.1) is 0 Å². The molecule has 0 aromatic heterocycles. The molecule has 0 saturated heterocycles. The molecular weight excluding hydrogens is 164 g/mol. The van der Waals surface area contributed by atoms with Crippen molar-refractivity contribution in [3.8, 4) is 0 Å². The maximum atomic E-state index is 10.2. The smallest absolute Gasteiger partial charge is 0.268 e. The number of allylic oxidation sites excluding steroid dienone is 1. The van der Waals surface area contributed by atoms with E-state index in [0.717, 1.165) is 19.3 Å². The van der Waals surface area contributed by atoms with Gasteiger partial charge < -0.3 is 0 Å². The van der Waals surface area contributed by atoms with E-state index in [1.807, 2.05) is 0 Å². The molecule has 4 heteroatoms. The van der Waals surface area contributed by atoms with Crippen molar-refractivity contribution in [2.45, 2.75) is 26.2 Å². The fourth-order valence-electron chi connectivity index (χ4n) is 0.629. The van der Waals surface area contributed by atoms with Crippen LogP contribution in [0.1, 0.15) is 26.2 Å². The lowest BCUT2D eigenvalue weighted by molar-refractivity contribution is 0.486. The minimum absolute atomic E-state index is 0.267. The predicted octanol–water partition coefficient (Wildman–Crippen LogP) is 1.62. The Labute approximate surface area is 67.9 Å². The second-order valence-corrected chi connectivity index (χ2v) is 3.86. The number of unbranched alkanes of at least 4 members (excludes halogenated alkanes) is 2. The Bertz CT molecular complexity index is 204. The normalized spacial score (nSPS) is 12.5. The summed E-state index contributed by atoms with van der Waals surface area (Å²) in [6.07, 6.45) is 6.28. The van der Waals surface area contributed by atoms with E-state index >= 15 is 0 Å². The van der Waals surface area contributed by atoms with Crippen LogP contribution in [0.4, 0.5) is 0 Å². The van der Waals surface area contributed by atoms with E-state index in [9.17, 15) is 8.42 Å². The van der Waals surface area contributed by atoms with E-state index in [1.54, 1.807) is 6.08 Å². The lowest BCUT2D eigenvalue weighted by Crippen LogP contribution is -1.99. The Morgan fingerprint density at radius 3 is 2.45 bits per heavy atom. The Morgan fingerprint density at radius 2 is 2.00 bits per heavy atom.